The second kappa shape index (κ2) is 7.25. The number of hydrogen-bond acceptors (Lipinski definition) is 4. The summed E-state index contributed by atoms with van der Waals surface area (Å²) in [6.07, 6.45) is 0.541. The van der Waals surface area contributed by atoms with Crippen LogP contribution in [0.5, 0.6) is 0 Å². The molecule has 1 aromatic heterocycles. The van der Waals surface area contributed by atoms with Crippen LogP contribution in [0.4, 0.5) is 10.2 Å². The van der Waals surface area contributed by atoms with Gasteiger partial charge in [0.1, 0.15) is 11.6 Å². The van der Waals surface area contributed by atoms with Crippen molar-refractivity contribution >= 4 is 17.7 Å². The molecule has 0 saturated heterocycles. The van der Waals surface area contributed by atoms with Crippen LogP contribution in [0.1, 0.15) is 42.7 Å². The van der Waals surface area contributed by atoms with Gasteiger partial charge in [-0.15, -0.1) is 0 Å². The predicted octanol–water partition coefficient (Wildman–Crippen LogP) is 3.10. The Bertz CT molecular complexity index is 755. The first-order chi connectivity index (χ1) is 11.3. The highest BCUT2D eigenvalue weighted by Gasteiger charge is 2.21. The van der Waals surface area contributed by atoms with E-state index in [-0.39, 0.29) is 11.6 Å². The first-order valence-corrected chi connectivity index (χ1v) is 7.61. The maximum Gasteiger partial charge on any atom is 0.339 e. The summed E-state index contributed by atoms with van der Waals surface area (Å²) >= 11 is 0. The molecule has 128 valence electrons. The fourth-order valence-corrected chi connectivity index (χ4v) is 2.05. The SMILES string of the molecule is Cc1ccc(C(=O)O[C@H](C)C(=O)Nc2ccnn2C(C)C)cc1F. The van der Waals surface area contributed by atoms with Gasteiger partial charge in [-0.1, -0.05) is 6.07 Å². The van der Waals surface area contributed by atoms with E-state index < -0.39 is 23.8 Å². The summed E-state index contributed by atoms with van der Waals surface area (Å²) in [6.45, 7) is 6.91. The lowest BCUT2D eigenvalue weighted by molar-refractivity contribution is -0.123. The van der Waals surface area contributed by atoms with Crippen LogP contribution in [0, 0.1) is 12.7 Å². The number of halogens is 1. The van der Waals surface area contributed by atoms with Gasteiger partial charge in [-0.25, -0.2) is 13.9 Å². The van der Waals surface area contributed by atoms with Crippen LogP contribution < -0.4 is 5.32 Å². The smallest absolute Gasteiger partial charge is 0.339 e. The normalized spacial score (nSPS) is 12.1. The third-order valence-electron chi connectivity index (χ3n) is 3.47. The molecule has 0 aliphatic rings. The number of esters is 1. The summed E-state index contributed by atoms with van der Waals surface area (Å²) in [7, 11) is 0. The molecule has 0 saturated carbocycles. The number of carbonyl (C=O) groups excluding carboxylic acids is 2. The quantitative estimate of drug-likeness (QED) is 0.853. The highest BCUT2D eigenvalue weighted by Crippen LogP contribution is 2.15. The molecule has 0 spiro atoms. The van der Waals surface area contributed by atoms with E-state index in [9.17, 15) is 14.0 Å². The van der Waals surface area contributed by atoms with Crippen molar-refractivity contribution in [2.75, 3.05) is 5.32 Å². The number of aryl methyl sites for hydroxylation is 1. The van der Waals surface area contributed by atoms with Crippen molar-refractivity contribution in [2.24, 2.45) is 0 Å². The Morgan fingerprint density at radius 1 is 1.25 bits per heavy atom. The third-order valence-corrected chi connectivity index (χ3v) is 3.47. The number of nitrogens with one attached hydrogen (secondary N) is 1. The van der Waals surface area contributed by atoms with E-state index >= 15 is 0 Å². The summed E-state index contributed by atoms with van der Waals surface area (Å²) < 4.78 is 20.2. The van der Waals surface area contributed by atoms with Crippen molar-refractivity contribution < 1.29 is 18.7 Å². The number of benzene rings is 1. The van der Waals surface area contributed by atoms with Gasteiger partial charge in [-0.2, -0.15) is 5.10 Å². The number of ether oxygens (including phenoxy) is 1. The molecular weight excluding hydrogens is 313 g/mol. The maximum absolute atomic E-state index is 13.5. The van der Waals surface area contributed by atoms with E-state index in [0.29, 0.717) is 11.4 Å². The average Bonchev–Trinajstić information content (AvgIpc) is 2.98. The molecule has 0 bridgehead atoms. The van der Waals surface area contributed by atoms with Gasteiger partial charge in [0.25, 0.3) is 5.91 Å². The fourth-order valence-electron chi connectivity index (χ4n) is 2.05. The van der Waals surface area contributed by atoms with Crippen LogP contribution in [-0.2, 0) is 9.53 Å². The summed E-state index contributed by atoms with van der Waals surface area (Å²) in [4.78, 5) is 24.2. The predicted molar refractivity (Wildman–Crippen MR) is 87.3 cm³/mol. The minimum absolute atomic E-state index is 0.0602. The zero-order valence-corrected chi connectivity index (χ0v) is 14.0. The Morgan fingerprint density at radius 2 is 1.96 bits per heavy atom. The highest BCUT2D eigenvalue weighted by molar-refractivity contribution is 5.96. The molecule has 1 heterocycles. The molecule has 1 amide bonds. The molecule has 1 aromatic carbocycles. The summed E-state index contributed by atoms with van der Waals surface area (Å²) in [5.41, 5.74) is 0.490. The summed E-state index contributed by atoms with van der Waals surface area (Å²) in [5.74, 6) is -1.23. The number of nitrogens with zero attached hydrogens (tertiary/aromatic N) is 2. The molecule has 0 fully saturated rings. The number of aromatic nitrogens is 2. The number of hydrogen-bond donors (Lipinski definition) is 1. The Kier molecular flexibility index (Phi) is 5.33. The van der Waals surface area contributed by atoms with Crippen molar-refractivity contribution in [3.63, 3.8) is 0 Å². The van der Waals surface area contributed by atoms with E-state index in [0.717, 1.165) is 6.07 Å². The van der Waals surface area contributed by atoms with Crippen molar-refractivity contribution in [3.8, 4) is 0 Å². The van der Waals surface area contributed by atoms with Crippen LogP contribution in [0.3, 0.4) is 0 Å². The van der Waals surface area contributed by atoms with E-state index in [1.54, 1.807) is 23.9 Å². The second-order valence-electron chi connectivity index (χ2n) is 5.76. The molecule has 24 heavy (non-hydrogen) atoms. The van der Waals surface area contributed by atoms with Gasteiger partial charge in [0.2, 0.25) is 0 Å². The minimum atomic E-state index is -1.03. The molecule has 0 aliphatic heterocycles. The second-order valence-corrected chi connectivity index (χ2v) is 5.76. The monoisotopic (exact) mass is 333 g/mol. The van der Waals surface area contributed by atoms with Crippen LogP contribution in [0.15, 0.2) is 30.5 Å². The Labute approximate surface area is 139 Å². The van der Waals surface area contributed by atoms with Crippen molar-refractivity contribution in [1.82, 2.24) is 9.78 Å². The molecule has 2 rings (SSSR count). The summed E-state index contributed by atoms with van der Waals surface area (Å²) in [5, 5.41) is 6.77. The lowest BCUT2D eigenvalue weighted by Crippen LogP contribution is -2.31. The van der Waals surface area contributed by atoms with Gasteiger partial charge in [0, 0.05) is 12.1 Å². The molecule has 1 atom stereocenters. The highest BCUT2D eigenvalue weighted by atomic mass is 19.1. The van der Waals surface area contributed by atoms with E-state index in [1.165, 1.54) is 19.1 Å². The lowest BCUT2D eigenvalue weighted by atomic mass is 10.1. The number of carbonyl (C=O) groups is 2. The van der Waals surface area contributed by atoms with Crippen LogP contribution >= 0.6 is 0 Å². The van der Waals surface area contributed by atoms with Crippen LogP contribution in [0.25, 0.3) is 0 Å². The van der Waals surface area contributed by atoms with Crippen molar-refractivity contribution in [2.45, 2.75) is 39.8 Å². The number of anilines is 1. The molecular formula is C17H20FN3O3. The Balaban J connectivity index is 2.01. The Morgan fingerprint density at radius 3 is 2.58 bits per heavy atom. The molecule has 0 unspecified atom stereocenters. The zero-order valence-electron chi connectivity index (χ0n) is 14.0. The van der Waals surface area contributed by atoms with Gasteiger partial charge < -0.3 is 10.1 Å². The van der Waals surface area contributed by atoms with Crippen LogP contribution in [0.2, 0.25) is 0 Å². The van der Waals surface area contributed by atoms with Gasteiger partial charge >= 0.3 is 5.97 Å². The first-order valence-electron chi connectivity index (χ1n) is 7.61. The van der Waals surface area contributed by atoms with Gasteiger partial charge in [-0.05, 0) is 45.4 Å². The number of amides is 1. The minimum Gasteiger partial charge on any atom is -0.449 e. The number of rotatable bonds is 5. The molecule has 1 N–H and O–H groups in total. The zero-order chi connectivity index (χ0) is 17.9. The lowest BCUT2D eigenvalue weighted by Gasteiger charge is -2.15. The Hall–Kier alpha value is -2.70. The molecule has 0 radical (unpaired) electrons. The molecule has 7 heteroatoms. The van der Waals surface area contributed by atoms with Gasteiger partial charge in [0.15, 0.2) is 6.10 Å². The van der Waals surface area contributed by atoms with E-state index in [2.05, 4.69) is 10.4 Å². The van der Waals surface area contributed by atoms with E-state index in [1.807, 2.05) is 13.8 Å². The van der Waals surface area contributed by atoms with E-state index in [4.69, 9.17) is 4.74 Å². The standard InChI is InChI=1S/C17H20FN3O3/c1-10(2)21-15(7-8-19-21)20-16(22)12(4)24-17(23)13-6-5-11(3)14(18)9-13/h5-10,12H,1-4H3,(H,20,22)/t12-/m1/s1. The molecule has 6 nitrogen and oxygen atoms in total. The fraction of sp³-hybridized carbons (Fsp3) is 0.353. The average molecular weight is 333 g/mol. The van der Waals surface area contributed by atoms with Crippen molar-refractivity contribution in [3.05, 3.63) is 47.4 Å². The van der Waals surface area contributed by atoms with Gasteiger partial charge in [-0.3, -0.25) is 4.79 Å². The van der Waals surface area contributed by atoms with Crippen molar-refractivity contribution in [1.29, 1.82) is 0 Å². The topological polar surface area (TPSA) is 73.2 Å². The third kappa shape index (κ3) is 3.98. The summed E-state index contributed by atoms with van der Waals surface area (Å²) in [6, 6.07) is 5.76. The first kappa shape index (κ1) is 17.7. The van der Waals surface area contributed by atoms with Crippen LogP contribution in [-0.4, -0.2) is 27.8 Å². The van der Waals surface area contributed by atoms with Gasteiger partial charge in [0.05, 0.1) is 11.8 Å². The molecule has 2 aromatic rings. The molecule has 0 aliphatic carbocycles. The largest absolute Gasteiger partial charge is 0.449 e. The maximum atomic E-state index is 13.5.